The number of primary amides is 1. The van der Waals surface area contributed by atoms with Crippen molar-refractivity contribution < 1.29 is 9.53 Å². The van der Waals surface area contributed by atoms with Crippen LogP contribution >= 0.6 is 0 Å². The third-order valence-corrected chi connectivity index (χ3v) is 3.23. The minimum absolute atomic E-state index is 0.0585. The van der Waals surface area contributed by atoms with Crippen molar-refractivity contribution in [2.45, 2.75) is 45.4 Å². The van der Waals surface area contributed by atoms with Crippen LogP contribution in [0.15, 0.2) is 0 Å². The van der Waals surface area contributed by atoms with Crippen LogP contribution in [0.5, 0.6) is 0 Å². The Morgan fingerprint density at radius 3 is 2.60 bits per heavy atom. The predicted molar refractivity (Wildman–Crippen MR) is 60.4 cm³/mol. The quantitative estimate of drug-likeness (QED) is 0.687. The predicted octanol–water partition coefficient (Wildman–Crippen LogP) is 2.09. The molecule has 1 amide bonds. The Kier molecular flexibility index (Phi) is 5.69. The van der Waals surface area contributed by atoms with E-state index in [1.807, 2.05) is 0 Å². The first-order chi connectivity index (χ1) is 7.25. The normalized spacial score (nSPS) is 20.1. The smallest absolute Gasteiger partial charge is 0.223 e. The molecule has 15 heavy (non-hydrogen) atoms. The van der Waals surface area contributed by atoms with Gasteiger partial charge in [0.25, 0.3) is 0 Å². The number of carbonyl (C=O) groups excluding carboxylic acids is 1. The van der Waals surface area contributed by atoms with Crippen LogP contribution in [0.3, 0.4) is 0 Å². The summed E-state index contributed by atoms with van der Waals surface area (Å²) in [6, 6.07) is 0. The first-order valence-electron chi connectivity index (χ1n) is 6.12. The highest BCUT2D eigenvalue weighted by Gasteiger charge is 2.27. The number of ether oxygens (including phenoxy) is 1. The Hall–Kier alpha value is -0.570. The highest BCUT2D eigenvalue weighted by Crippen LogP contribution is 2.30. The molecule has 0 aromatic carbocycles. The van der Waals surface area contributed by atoms with E-state index in [0.717, 1.165) is 25.9 Å². The van der Waals surface area contributed by atoms with Crippen LogP contribution in [-0.2, 0) is 9.53 Å². The van der Waals surface area contributed by atoms with E-state index in [4.69, 9.17) is 10.5 Å². The van der Waals surface area contributed by atoms with Crippen LogP contribution in [0.2, 0.25) is 0 Å². The van der Waals surface area contributed by atoms with Crippen molar-refractivity contribution in [1.29, 1.82) is 0 Å². The SMILES string of the molecule is CCCOCC(C(N)=O)C1CCCCC1. The van der Waals surface area contributed by atoms with Gasteiger partial charge in [-0.25, -0.2) is 0 Å². The second-order valence-electron chi connectivity index (χ2n) is 4.48. The maximum Gasteiger partial charge on any atom is 0.223 e. The van der Waals surface area contributed by atoms with Gasteiger partial charge in [-0.15, -0.1) is 0 Å². The molecule has 0 radical (unpaired) electrons. The number of carbonyl (C=O) groups is 1. The largest absolute Gasteiger partial charge is 0.381 e. The van der Waals surface area contributed by atoms with Crippen molar-refractivity contribution in [3.63, 3.8) is 0 Å². The Balaban J connectivity index is 2.37. The fraction of sp³-hybridized carbons (Fsp3) is 0.917. The molecule has 0 heterocycles. The Labute approximate surface area is 92.4 Å². The van der Waals surface area contributed by atoms with Crippen LogP contribution in [0, 0.1) is 11.8 Å². The molecule has 3 heteroatoms. The molecule has 1 atom stereocenters. The van der Waals surface area contributed by atoms with E-state index in [1.54, 1.807) is 0 Å². The summed E-state index contributed by atoms with van der Waals surface area (Å²) < 4.78 is 5.46. The van der Waals surface area contributed by atoms with Gasteiger partial charge in [-0.05, 0) is 25.2 Å². The lowest BCUT2D eigenvalue weighted by Gasteiger charge is -2.27. The lowest BCUT2D eigenvalue weighted by molar-refractivity contribution is -0.126. The molecule has 0 spiro atoms. The standard InChI is InChI=1S/C12H23NO2/c1-2-8-15-9-11(12(13)14)10-6-4-3-5-7-10/h10-11H,2-9H2,1H3,(H2,13,14). The van der Waals surface area contributed by atoms with Crippen molar-refractivity contribution >= 4 is 5.91 Å². The molecule has 0 aromatic rings. The zero-order valence-corrected chi connectivity index (χ0v) is 9.71. The van der Waals surface area contributed by atoms with Gasteiger partial charge in [-0.1, -0.05) is 26.2 Å². The van der Waals surface area contributed by atoms with Crippen molar-refractivity contribution in [2.75, 3.05) is 13.2 Å². The number of nitrogens with two attached hydrogens (primary N) is 1. The van der Waals surface area contributed by atoms with Crippen LogP contribution < -0.4 is 5.73 Å². The second kappa shape index (κ2) is 6.83. The average molecular weight is 213 g/mol. The zero-order valence-electron chi connectivity index (χ0n) is 9.71. The third-order valence-electron chi connectivity index (χ3n) is 3.23. The maximum absolute atomic E-state index is 11.3. The van der Waals surface area contributed by atoms with Gasteiger partial charge in [0.05, 0.1) is 12.5 Å². The molecule has 3 nitrogen and oxygen atoms in total. The molecule has 88 valence electrons. The maximum atomic E-state index is 11.3. The summed E-state index contributed by atoms with van der Waals surface area (Å²) in [5, 5.41) is 0. The lowest BCUT2D eigenvalue weighted by Crippen LogP contribution is -2.34. The molecule has 0 aromatic heterocycles. The van der Waals surface area contributed by atoms with Crippen LogP contribution in [0.4, 0.5) is 0 Å². The van der Waals surface area contributed by atoms with Crippen molar-refractivity contribution in [3.05, 3.63) is 0 Å². The van der Waals surface area contributed by atoms with Gasteiger partial charge in [0.2, 0.25) is 5.91 Å². The van der Waals surface area contributed by atoms with Gasteiger partial charge in [0, 0.05) is 6.61 Å². The number of amides is 1. The fourth-order valence-corrected chi connectivity index (χ4v) is 2.34. The highest BCUT2D eigenvalue weighted by molar-refractivity contribution is 5.77. The van der Waals surface area contributed by atoms with Crippen molar-refractivity contribution in [1.82, 2.24) is 0 Å². The summed E-state index contributed by atoms with van der Waals surface area (Å²) >= 11 is 0. The van der Waals surface area contributed by atoms with E-state index in [0.29, 0.717) is 12.5 Å². The summed E-state index contributed by atoms with van der Waals surface area (Å²) in [4.78, 5) is 11.3. The van der Waals surface area contributed by atoms with Gasteiger partial charge in [0.15, 0.2) is 0 Å². The average Bonchev–Trinajstić information content (AvgIpc) is 2.25. The molecule has 0 saturated heterocycles. The molecule has 1 rings (SSSR count). The van der Waals surface area contributed by atoms with Crippen LogP contribution in [0.1, 0.15) is 45.4 Å². The molecular formula is C12H23NO2. The Bertz CT molecular complexity index is 188. The Morgan fingerprint density at radius 1 is 1.40 bits per heavy atom. The summed E-state index contributed by atoms with van der Waals surface area (Å²) in [6.07, 6.45) is 7.06. The molecule has 1 aliphatic rings. The minimum atomic E-state index is -0.182. The van der Waals surface area contributed by atoms with Crippen molar-refractivity contribution in [3.8, 4) is 0 Å². The number of rotatable bonds is 6. The lowest BCUT2D eigenvalue weighted by atomic mass is 9.80. The van der Waals surface area contributed by atoms with Gasteiger partial charge >= 0.3 is 0 Å². The van der Waals surface area contributed by atoms with Gasteiger partial charge < -0.3 is 10.5 Å². The van der Waals surface area contributed by atoms with E-state index in [-0.39, 0.29) is 11.8 Å². The second-order valence-corrected chi connectivity index (χ2v) is 4.48. The summed E-state index contributed by atoms with van der Waals surface area (Å²) in [5.74, 6) is 0.225. The first kappa shape index (κ1) is 12.5. The first-order valence-corrected chi connectivity index (χ1v) is 6.12. The van der Waals surface area contributed by atoms with E-state index in [1.165, 1.54) is 19.3 Å². The van der Waals surface area contributed by atoms with E-state index >= 15 is 0 Å². The molecule has 0 bridgehead atoms. The van der Waals surface area contributed by atoms with Crippen LogP contribution in [-0.4, -0.2) is 19.1 Å². The third kappa shape index (κ3) is 4.20. The Morgan fingerprint density at radius 2 is 2.07 bits per heavy atom. The van der Waals surface area contributed by atoms with E-state index in [2.05, 4.69) is 6.92 Å². The molecule has 1 aliphatic carbocycles. The van der Waals surface area contributed by atoms with Gasteiger partial charge in [-0.3, -0.25) is 4.79 Å². The highest BCUT2D eigenvalue weighted by atomic mass is 16.5. The zero-order chi connectivity index (χ0) is 11.1. The number of hydrogen-bond donors (Lipinski definition) is 1. The summed E-state index contributed by atoms with van der Waals surface area (Å²) in [5.41, 5.74) is 5.43. The molecule has 2 N–H and O–H groups in total. The molecule has 1 saturated carbocycles. The molecule has 1 fully saturated rings. The van der Waals surface area contributed by atoms with E-state index < -0.39 is 0 Å². The fourth-order valence-electron chi connectivity index (χ4n) is 2.34. The van der Waals surface area contributed by atoms with Gasteiger partial charge in [0.1, 0.15) is 0 Å². The number of hydrogen-bond acceptors (Lipinski definition) is 2. The summed E-state index contributed by atoms with van der Waals surface area (Å²) in [6.45, 7) is 3.32. The molecular weight excluding hydrogens is 190 g/mol. The molecule has 0 aliphatic heterocycles. The monoisotopic (exact) mass is 213 g/mol. The van der Waals surface area contributed by atoms with Gasteiger partial charge in [-0.2, -0.15) is 0 Å². The minimum Gasteiger partial charge on any atom is -0.381 e. The van der Waals surface area contributed by atoms with Crippen molar-refractivity contribution in [2.24, 2.45) is 17.6 Å². The topological polar surface area (TPSA) is 52.3 Å². The summed E-state index contributed by atoms with van der Waals surface area (Å²) in [7, 11) is 0. The van der Waals surface area contributed by atoms with E-state index in [9.17, 15) is 4.79 Å². The molecule has 1 unspecified atom stereocenters. The van der Waals surface area contributed by atoms with Crippen LogP contribution in [0.25, 0.3) is 0 Å².